The SMILES string of the molecule is CN1C(=O)CCC1/C=C/C(C)(O)C(C)(F)F. The molecule has 2 atom stereocenters. The highest BCUT2D eigenvalue weighted by atomic mass is 19.3. The summed E-state index contributed by atoms with van der Waals surface area (Å²) in [5.74, 6) is -3.21. The fraction of sp³-hybridized carbons (Fsp3) is 0.727. The monoisotopic (exact) mass is 233 g/mol. The highest BCUT2D eigenvalue weighted by Crippen LogP contribution is 2.29. The average molecular weight is 233 g/mol. The molecule has 0 saturated carbocycles. The van der Waals surface area contributed by atoms with Crippen LogP contribution in [-0.2, 0) is 4.79 Å². The maximum absolute atomic E-state index is 13.0. The largest absolute Gasteiger partial charge is 0.380 e. The Labute approximate surface area is 93.7 Å². The Balaban J connectivity index is 2.71. The molecule has 0 radical (unpaired) electrons. The van der Waals surface area contributed by atoms with E-state index in [1.807, 2.05) is 0 Å². The van der Waals surface area contributed by atoms with Gasteiger partial charge in [0.1, 0.15) is 5.60 Å². The van der Waals surface area contributed by atoms with Crippen LogP contribution in [0.5, 0.6) is 0 Å². The van der Waals surface area contributed by atoms with Crippen molar-refractivity contribution in [1.82, 2.24) is 4.90 Å². The lowest BCUT2D eigenvalue weighted by molar-refractivity contribution is -0.131. The van der Waals surface area contributed by atoms with Crippen LogP contribution in [0.2, 0.25) is 0 Å². The predicted octanol–water partition coefficient (Wildman–Crippen LogP) is 1.57. The molecule has 5 heteroatoms. The minimum absolute atomic E-state index is 0.00227. The molecule has 1 aliphatic heterocycles. The molecular weight excluding hydrogens is 216 g/mol. The second-order valence-electron chi connectivity index (χ2n) is 4.51. The lowest BCUT2D eigenvalue weighted by Crippen LogP contribution is -2.41. The molecule has 0 spiro atoms. The summed E-state index contributed by atoms with van der Waals surface area (Å²) in [6.45, 7) is 1.72. The molecule has 0 bridgehead atoms. The summed E-state index contributed by atoms with van der Waals surface area (Å²) in [5, 5.41) is 9.52. The van der Waals surface area contributed by atoms with Crippen LogP contribution in [0.15, 0.2) is 12.2 Å². The zero-order valence-electron chi connectivity index (χ0n) is 9.70. The van der Waals surface area contributed by atoms with Crippen molar-refractivity contribution in [2.24, 2.45) is 0 Å². The van der Waals surface area contributed by atoms with Crippen molar-refractivity contribution < 1.29 is 18.7 Å². The van der Waals surface area contributed by atoms with Gasteiger partial charge in [0, 0.05) is 20.4 Å². The normalized spacial score (nSPS) is 26.5. The first-order chi connectivity index (χ1) is 7.15. The average Bonchev–Trinajstić information content (AvgIpc) is 2.43. The van der Waals surface area contributed by atoms with Crippen molar-refractivity contribution in [2.75, 3.05) is 7.05 Å². The van der Waals surface area contributed by atoms with Gasteiger partial charge in [-0.25, -0.2) is 8.78 Å². The van der Waals surface area contributed by atoms with Gasteiger partial charge >= 0.3 is 0 Å². The summed E-state index contributed by atoms with van der Waals surface area (Å²) < 4.78 is 25.9. The zero-order valence-corrected chi connectivity index (χ0v) is 9.70. The van der Waals surface area contributed by atoms with E-state index in [0.29, 0.717) is 19.8 Å². The molecule has 0 aromatic carbocycles. The minimum Gasteiger partial charge on any atom is -0.380 e. The van der Waals surface area contributed by atoms with Crippen LogP contribution in [0.1, 0.15) is 26.7 Å². The van der Waals surface area contributed by atoms with Gasteiger partial charge in [0.2, 0.25) is 5.91 Å². The molecule has 0 aliphatic carbocycles. The van der Waals surface area contributed by atoms with Gasteiger partial charge in [-0.2, -0.15) is 0 Å². The second-order valence-corrected chi connectivity index (χ2v) is 4.51. The molecule has 1 fully saturated rings. The van der Waals surface area contributed by atoms with Gasteiger partial charge in [0.15, 0.2) is 0 Å². The van der Waals surface area contributed by atoms with Gasteiger partial charge in [-0.05, 0) is 19.4 Å². The molecule has 1 aliphatic rings. The number of halogens is 2. The Morgan fingerprint density at radius 2 is 2.06 bits per heavy atom. The fourth-order valence-electron chi connectivity index (χ4n) is 1.50. The molecule has 0 aromatic rings. The summed E-state index contributed by atoms with van der Waals surface area (Å²) in [5.41, 5.74) is -2.18. The molecular formula is C11H17F2NO2. The van der Waals surface area contributed by atoms with E-state index in [1.54, 1.807) is 7.05 Å². The number of hydrogen-bond acceptors (Lipinski definition) is 2. The molecule has 1 N–H and O–H groups in total. The van der Waals surface area contributed by atoms with E-state index in [-0.39, 0.29) is 11.9 Å². The molecule has 1 rings (SSSR count). The van der Waals surface area contributed by atoms with E-state index in [9.17, 15) is 18.7 Å². The summed E-state index contributed by atoms with van der Waals surface area (Å²) in [7, 11) is 1.63. The first-order valence-electron chi connectivity index (χ1n) is 5.20. The Hall–Kier alpha value is -0.970. The summed E-state index contributed by atoms with van der Waals surface area (Å²) in [6.07, 6.45) is 3.59. The Morgan fingerprint density at radius 1 is 1.50 bits per heavy atom. The van der Waals surface area contributed by atoms with E-state index >= 15 is 0 Å². The standard InChI is InChI=1S/C11H17F2NO2/c1-10(16,11(2,12)13)7-6-8-4-5-9(15)14(8)3/h6-8,16H,4-5H2,1-3H3/b7-6+. The van der Waals surface area contributed by atoms with Gasteiger partial charge in [0.05, 0.1) is 6.04 Å². The zero-order chi connectivity index (χ0) is 12.6. The molecule has 1 saturated heterocycles. The van der Waals surface area contributed by atoms with Crippen LogP contribution >= 0.6 is 0 Å². The molecule has 2 unspecified atom stereocenters. The topological polar surface area (TPSA) is 40.5 Å². The van der Waals surface area contributed by atoms with Crippen molar-refractivity contribution >= 4 is 5.91 Å². The number of carbonyl (C=O) groups is 1. The first-order valence-corrected chi connectivity index (χ1v) is 5.20. The van der Waals surface area contributed by atoms with E-state index < -0.39 is 11.5 Å². The highest BCUT2D eigenvalue weighted by molar-refractivity contribution is 5.78. The quantitative estimate of drug-likeness (QED) is 0.752. The van der Waals surface area contributed by atoms with Crippen molar-refractivity contribution in [3.8, 4) is 0 Å². The third-order valence-corrected chi connectivity index (χ3v) is 3.08. The number of alkyl halides is 2. The van der Waals surface area contributed by atoms with Crippen LogP contribution in [0.25, 0.3) is 0 Å². The predicted molar refractivity (Wildman–Crippen MR) is 56.2 cm³/mol. The first kappa shape index (κ1) is 13.1. The van der Waals surface area contributed by atoms with Crippen molar-refractivity contribution in [2.45, 2.75) is 44.3 Å². The maximum Gasteiger partial charge on any atom is 0.276 e. The number of rotatable bonds is 3. The van der Waals surface area contributed by atoms with Crippen LogP contribution in [0, 0.1) is 0 Å². The van der Waals surface area contributed by atoms with Gasteiger partial charge < -0.3 is 10.0 Å². The van der Waals surface area contributed by atoms with Crippen LogP contribution in [0.4, 0.5) is 8.78 Å². The molecule has 16 heavy (non-hydrogen) atoms. The number of aliphatic hydroxyl groups is 1. The van der Waals surface area contributed by atoms with Crippen LogP contribution < -0.4 is 0 Å². The summed E-state index contributed by atoms with van der Waals surface area (Å²) >= 11 is 0. The lowest BCUT2D eigenvalue weighted by atomic mass is 9.97. The van der Waals surface area contributed by atoms with Crippen LogP contribution in [0.3, 0.4) is 0 Å². The smallest absolute Gasteiger partial charge is 0.276 e. The van der Waals surface area contributed by atoms with E-state index in [1.165, 1.54) is 11.0 Å². The lowest BCUT2D eigenvalue weighted by Gasteiger charge is -2.27. The van der Waals surface area contributed by atoms with Crippen molar-refractivity contribution in [1.29, 1.82) is 0 Å². The van der Waals surface area contributed by atoms with E-state index in [4.69, 9.17) is 0 Å². The van der Waals surface area contributed by atoms with Gasteiger partial charge in [-0.15, -0.1) is 0 Å². The van der Waals surface area contributed by atoms with Gasteiger partial charge in [-0.3, -0.25) is 4.79 Å². The Morgan fingerprint density at radius 3 is 2.44 bits per heavy atom. The Kier molecular flexibility index (Phi) is 3.38. The minimum atomic E-state index is -3.20. The molecule has 1 amide bonds. The second kappa shape index (κ2) is 4.13. The number of hydrogen-bond donors (Lipinski definition) is 1. The Bertz CT molecular complexity index is 308. The van der Waals surface area contributed by atoms with Gasteiger partial charge in [0.25, 0.3) is 5.92 Å². The number of carbonyl (C=O) groups excluding carboxylic acids is 1. The number of amides is 1. The maximum atomic E-state index is 13.0. The summed E-state index contributed by atoms with van der Waals surface area (Å²) in [4.78, 5) is 12.7. The van der Waals surface area contributed by atoms with Crippen molar-refractivity contribution in [3.63, 3.8) is 0 Å². The highest BCUT2D eigenvalue weighted by Gasteiger charge is 2.42. The third kappa shape index (κ3) is 2.58. The van der Waals surface area contributed by atoms with Crippen molar-refractivity contribution in [3.05, 3.63) is 12.2 Å². The number of nitrogens with zero attached hydrogens (tertiary/aromatic N) is 1. The molecule has 1 heterocycles. The van der Waals surface area contributed by atoms with E-state index in [2.05, 4.69) is 0 Å². The molecule has 3 nitrogen and oxygen atoms in total. The molecule has 0 aromatic heterocycles. The molecule has 92 valence electrons. The van der Waals surface area contributed by atoms with Gasteiger partial charge in [-0.1, -0.05) is 6.08 Å². The number of likely N-dealkylation sites (N-methyl/N-ethyl adjacent to an activating group) is 1. The number of likely N-dealkylation sites (tertiary alicyclic amines) is 1. The third-order valence-electron chi connectivity index (χ3n) is 3.08. The fourth-order valence-corrected chi connectivity index (χ4v) is 1.50. The van der Waals surface area contributed by atoms with Crippen LogP contribution in [-0.4, -0.2) is 40.5 Å². The van der Waals surface area contributed by atoms with E-state index in [0.717, 1.165) is 13.0 Å². The summed E-state index contributed by atoms with van der Waals surface area (Å²) in [6, 6.07) is -0.193.